The minimum Gasteiger partial charge on any atom is -0.318 e. The third kappa shape index (κ3) is 4.44. The van der Waals surface area contributed by atoms with Gasteiger partial charge in [-0.15, -0.1) is 0 Å². The molecule has 1 heterocycles. The number of hydrogen-bond donors (Lipinski definition) is 0. The summed E-state index contributed by atoms with van der Waals surface area (Å²) in [6.07, 6.45) is 1.02. The maximum absolute atomic E-state index is 6.40. The van der Waals surface area contributed by atoms with Crippen LogP contribution >= 0.6 is 35.0 Å². The van der Waals surface area contributed by atoms with E-state index in [1.165, 1.54) is 5.56 Å². The van der Waals surface area contributed by atoms with E-state index in [1.54, 1.807) is 11.8 Å². The fourth-order valence-electron chi connectivity index (χ4n) is 3.47. The lowest BCUT2D eigenvalue weighted by atomic mass is 10.0. The van der Waals surface area contributed by atoms with Crippen molar-refractivity contribution in [3.63, 3.8) is 0 Å². The SMILES string of the molecule is CCCn1c(SCc2c(Cl)cccc2Cl)nc(-c2ccccc2)c1-c1ccccc1. The van der Waals surface area contributed by atoms with Gasteiger partial charge in [-0.2, -0.15) is 0 Å². The number of imidazole rings is 1. The van der Waals surface area contributed by atoms with Crippen LogP contribution in [0, 0.1) is 0 Å². The van der Waals surface area contributed by atoms with E-state index in [9.17, 15) is 0 Å². The minimum atomic E-state index is 0.668. The lowest BCUT2D eigenvalue weighted by Crippen LogP contribution is -2.02. The first-order valence-electron chi connectivity index (χ1n) is 9.96. The highest BCUT2D eigenvalue weighted by Gasteiger charge is 2.20. The average molecular weight is 453 g/mol. The van der Waals surface area contributed by atoms with Gasteiger partial charge in [0.2, 0.25) is 0 Å². The van der Waals surface area contributed by atoms with Crippen LogP contribution in [0.15, 0.2) is 84.0 Å². The van der Waals surface area contributed by atoms with Gasteiger partial charge in [0.1, 0.15) is 0 Å². The Morgan fingerprint density at radius 2 is 1.40 bits per heavy atom. The first-order valence-corrected chi connectivity index (χ1v) is 11.7. The van der Waals surface area contributed by atoms with Crippen molar-refractivity contribution in [3.8, 4) is 22.5 Å². The Morgan fingerprint density at radius 1 is 0.800 bits per heavy atom. The summed E-state index contributed by atoms with van der Waals surface area (Å²) in [5.74, 6) is 0.668. The van der Waals surface area contributed by atoms with Crippen molar-refractivity contribution in [1.29, 1.82) is 0 Å². The summed E-state index contributed by atoms with van der Waals surface area (Å²) in [6, 6.07) is 26.5. The molecule has 0 saturated heterocycles. The van der Waals surface area contributed by atoms with Crippen molar-refractivity contribution in [2.75, 3.05) is 0 Å². The molecule has 0 aliphatic carbocycles. The zero-order valence-electron chi connectivity index (χ0n) is 16.7. The van der Waals surface area contributed by atoms with Crippen LogP contribution in [0.2, 0.25) is 10.0 Å². The number of benzene rings is 3. The van der Waals surface area contributed by atoms with Crippen molar-refractivity contribution < 1.29 is 0 Å². The Bertz CT molecular complexity index is 1100. The Labute approximate surface area is 191 Å². The minimum absolute atomic E-state index is 0.668. The smallest absolute Gasteiger partial charge is 0.169 e. The average Bonchev–Trinajstić information content (AvgIpc) is 3.13. The van der Waals surface area contributed by atoms with Crippen molar-refractivity contribution in [2.45, 2.75) is 30.8 Å². The molecule has 0 atom stereocenters. The first kappa shape index (κ1) is 21.0. The topological polar surface area (TPSA) is 17.8 Å². The van der Waals surface area contributed by atoms with E-state index in [0.29, 0.717) is 15.8 Å². The fraction of sp³-hybridized carbons (Fsp3) is 0.160. The van der Waals surface area contributed by atoms with Gasteiger partial charge in [0.25, 0.3) is 0 Å². The number of hydrogen-bond acceptors (Lipinski definition) is 2. The largest absolute Gasteiger partial charge is 0.318 e. The Hall–Kier alpha value is -2.20. The van der Waals surface area contributed by atoms with Crippen molar-refractivity contribution >= 4 is 35.0 Å². The molecule has 3 aromatic carbocycles. The lowest BCUT2D eigenvalue weighted by molar-refractivity contribution is 0.626. The monoisotopic (exact) mass is 452 g/mol. The molecule has 0 fully saturated rings. The molecular weight excluding hydrogens is 431 g/mol. The van der Waals surface area contributed by atoms with Crippen LogP contribution in [0.25, 0.3) is 22.5 Å². The Balaban J connectivity index is 1.81. The summed E-state index contributed by atoms with van der Waals surface area (Å²) in [6.45, 7) is 3.08. The van der Waals surface area contributed by atoms with Gasteiger partial charge in [0, 0.05) is 33.5 Å². The second kappa shape index (κ2) is 9.74. The predicted octanol–water partition coefficient (Wildman–Crippen LogP) is 8.23. The van der Waals surface area contributed by atoms with E-state index in [0.717, 1.165) is 40.6 Å². The normalized spacial score (nSPS) is 11.0. The van der Waals surface area contributed by atoms with E-state index in [4.69, 9.17) is 28.2 Å². The van der Waals surface area contributed by atoms with Gasteiger partial charge in [0.15, 0.2) is 5.16 Å². The number of nitrogens with zero attached hydrogens (tertiary/aromatic N) is 2. The molecule has 0 N–H and O–H groups in total. The molecule has 0 unspecified atom stereocenters. The van der Waals surface area contributed by atoms with Gasteiger partial charge in [-0.3, -0.25) is 0 Å². The molecule has 0 aliphatic rings. The molecule has 30 heavy (non-hydrogen) atoms. The summed E-state index contributed by atoms with van der Waals surface area (Å²) in [5.41, 5.74) is 5.38. The molecule has 0 aliphatic heterocycles. The molecular formula is C25H22Cl2N2S. The number of rotatable bonds is 7. The fourth-order valence-corrected chi connectivity index (χ4v) is 5.23. The maximum Gasteiger partial charge on any atom is 0.169 e. The van der Waals surface area contributed by atoms with Crippen LogP contribution in [0.3, 0.4) is 0 Å². The lowest BCUT2D eigenvalue weighted by Gasteiger charge is -2.12. The Morgan fingerprint density at radius 3 is 2.00 bits per heavy atom. The molecule has 5 heteroatoms. The first-order chi connectivity index (χ1) is 14.7. The molecule has 4 aromatic rings. The summed E-state index contributed by atoms with van der Waals surface area (Å²) >= 11 is 14.5. The van der Waals surface area contributed by atoms with E-state index >= 15 is 0 Å². The summed E-state index contributed by atoms with van der Waals surface area (Å²) in [7, 11) is 0. The zero-order valence-corrected chi connectivity index (χ0v) is 19.0. The summed E-state index contributed by atoms with van der Waals surface area (Å²) in [5, 5.41) is 2.36. The molecule has 4 rings (SSSR count). The van der Waals surface area contributed by atoms with Gasteiger partial charge in [-0.1, -0.05) is 109 Å². The third-order valence-corrected chi connectivity index (χ3v) is 6.59. The van der Waals surface area contributed by atoms with E-state index < -0.39 is 0 Å². The quantitative estimate of drug-likeness (QED) is 0.262. The summed E-state index contributed by atoms with van der Waals surface area (Å²) < 4.78 is 2.33. The van der Waals surface area contributed by atoms with Crippen LogP contribution in [-0.2, 0) is 12.3 Å². The second-order valence-corrected chi connectivity index (χ2v) is 8.72. The molecule has 0 radical (unpaired) electrons. The van der Waals surface area contributed by atoms with Gasteiger partial charge in [-0.25, -0.2) is 4.98 Å². The van der Waals surface area contributed by atoms with Gasteiger partial charge >= 0.3 is 0 Å². The van der Waals surface area contributed by atoms with Crippen molar-refractivity contribution in [1.82, 2.24) is 9.55 Å². The molecule has 1 aromatic heterocycles. The van der Waals surface area contributed by atoms with E-state index in [2.05, 4.69) is 60.0 Å². The molecule has 0 bridgehead atoms. The predicted molar refractivity (Wildman–Crippen MR) is 129 cm³/mol. The highest BCUT2D eigenvalue weighted by Crippen LogP contribution is 2.38. The zero-order chi connectivity index (χ0) is 20.9. The van der Waals surface area contributed by atoms with Crippen LogP contribution in [0.4, 0.5) is 0 Å². The number of halogens is 2. The van der Waals surface area contributed by atoms with E-state index in [1.807, 2.05) is 30.3 Å². The third-order valence-electron chi connectivity index (χ3n) is 4.88. The standard InChI is InChI=1S/C25H22Cl2N2S/c1-2-16-29-24(19-12-7-4-8-13-19)23(18-10-5-3-6-11-18)28-25(29)30-17-20-21(26)14-9-15-22(20)27/h3-15H,2,16-17H2,1H3. The van der Waals surface area contributed by atoms with Gasteiger partial charge < -0.3 is 4.57 Å². The molecule has 0 amide bonds. The van der Waals surface area contributed by atoms with Crippen LogP contribution in [0.1, 0.15) is 18.9 Å². The highest BCUT2D eigenvalue weighted by molar-refractivity contribution is 7.98. The van der Waals surface area contributed by atoms with Crippen molar-refractivity contribution in [3.05, 3.63) is 94.5 Å². The van der Waals surface area contributed by atoms with Gasteiger partial charge in [-0.05, 0) is 24.1 Å². The summed E-state index contributed by atoms with van der Waals surface area (Å²) in [4.78, 5) is 5.09. The van der Waals surface area contributed by atoms with Crippen LogP contribution in [0.5, 0.6) is 0 Å². The van der Waals surface area contributed by atoms with Gasteiger partial charge in [0.05, 0.1) is 11.4 Å². The number of thioether (sulfide) groups is 1. The van der Waals surface area contributed by atoms with Crippen LogP contribution < -0.4 is 0 Å². The number of aromatic nitrogens is 2. The molecule has 0 saturated carbocycles. The maximum atomic E-state index is 6.40. The van der Waals surface area contributed by atoms with Crippen molar-refractivity contribution in [2.24, 2.45) is 0 Å². The van der Waals surface area contributed by atoms with E-state index in [-0.39, 0.29) is 0 Å². The Kier molecular flexibility index (Phi) is 6.83. The molecule has 0 spiro atoms. The molecule has 152 valence electrons. The highest BCUT2D eigenvalue weighted by atomic mass is 35.5. The molecule has 2 nitrogen and oxygen atoms in total. The van der Waals surface area contributed by atoms with Crippen LogP contribution in [-0.4, -0.2) is 9.55 Å². The second-order valence-electron chi connectivity index (χ2n) is 6.96.